The summed E-state index contributed by atoms with van der Waals surface area (Å²) in [5.41, 5.74) is 5.04. The van der Waals surface area contributed by atoms with Gasteiger partial charge in [0.05, 0.1) is 6.61 Å². The maximum Gasteiger partial charge on any atom is 0.131 e. The Bertz CT molecular complexity index is 871. The minimum atomic E-state index is -0.189. The van der Waals surface area contributed by atoms with Crippen molar-refractivity contribution in [3.05, 3.63) is 89.2 Å². The molecular weight excluding hydrogens is 337 g/mol. The fourth-order valence-corrected chi connectivity index (χ4v) is 3.18. The van der Waals surface area contributed by atoms with Crippen LogP contribution in [-0.4, -0.2) is 13.2 Å². The molecule has 2 nitrogen and oxygen atoms in total. The van der Waals surface area contributed by atoms with Crippen LogP contribution < -0.4 is 10.1 Å². The fourth-order valence-electron chi connectivity index (χ4n) is 3.18. The average Bonchev–Trinajstić information content (AvgIpc) is 2.67. The van der Waals surface area contributed by atoms with Gasteiger partial charge in [-0.2, -0.15) is 0 Å². The summed E-state index contributed by atoms with van der Waals surface area (Å²) in [4.78, 5) is 0. The van der Waals surface area contributed by atoms with Crippen molar-refractivity contribution < 1.29 is 9.13 Å². The van der Waals surface area contributed by atoms with Gasteiger partial charge in [0.2, 0.25) is 0 Å². The molecule has 1 N–H and O–H groups in total. The smallest absolute Gasteiger partial charge is 0.131 e. The number of halogens is 1. The van der Waals surface area contributed by atoms with Gasteiger partial charge < -0.3 is 10.1 Å². The van der Waals surface area contributed by atoms with E-state index in [2.05, 4.69) is 43.4 Å². The molecule has 0 aliphatic rings. The molecule has 0 aromatic heterocycles. The molecule has 0 unspecified atom stereocenters. The molecule has 0 saturated carbocycles. The zero-order valence-corrected chi connectivity index (χ0v) is 16.0. The van der Waals surface area contributed by atoms with Gasteiger partial charge in [-0.05, 0) is 61.2 Å². The van der Waals surface area contributed by atoms with Gasteiger partial charge in [-0.1, -0.05) is 54.6 Å². The van der Waals surface area contributed by atoms with E-state index >= 15 is 0 Å². The van der Waals surface area contributed by atoms with Gasteiger partial charge in [0, 0.05) is 12.1 Å². The highest BCUT2D eigenvalue weighted by atomic mass is 19.1. The first-order valence-corrected chi connectivity index (χ1v) is 9.39. The summed E-state index contributed by atoms with van der Waals surface area (Å²) in [6, 6.07) is 21.1. The topological polar surface area (TPSA) is 21.3 Å². The van der Waals surface area contributed by atoms with Crippen molar-refractivity contribution in [1.82, 2.24) is 5.32 Å². The highest BCUT2D eigenvalue weighted by Crippen LogP contribution is 2.24. The lowest BCUT2D eigenvalue weighted by Crippen LogP contribution is -2.17. The van der Waals surface area contributed by atoms with Gasteiger partial charge >= 0.3 is 0 Å². The quantitative estimate of drug-likeness (QED) is 0.521. The van der Waals surface area contributed by atoms with Crippen molar-refractivity contribution in [1.29, 1.82) is 0 Å². The number of benzene rings is 3. The molecule has 3 heteroatoms. The molecular formula is C24H26FNO. The first-order valence-electron chi connectivity index (χ1n) is 9.39. The van der Waals surface area contributed by atoms with Crippen LogP contribution in [0.4, 0.5) is 4.39 Å². The third-order valence-corrected chi connectivity index (χ3v) is 4.59. The van der Waals surface area contributed by atoms with E-state index in [1.807, 2.05) is 30.3 Å². The Hall–Kier alpha value is -2.65. The molecule has 140 valence electrons. The highest BCUT2D eigenvalue weighted by molar-refractivity contribution is 5.64. The largest absolute Gasteiger partial charge is 0.493 e. The molecule has 27 heavy (non-hydrogen) atoms. The maximum atomic E-state index is 14.0. The Morgan fingerprint density at radius 3 is 2.41 bits per heavy atom. The van der Waals surface area contributed by atoms with Gasteiger partial charge in [0.15, 0.2) is 0 Å². The Kier molecular flexibility index (Phi) is 6.61. The van der Waals surface area contributed by atoms with Crippen LogP contribution >= 0.6 is 0 Å². The molecule has 0 bridgehead atoms. The van der Waals surface area contributed by atoms with Crippen molar-refractivity contribution in [3.63, 3.8) is 0 Å². The van der Waals surface area contributed by atoms with Crippen LogP contribution in [0.5, 0.6) is 5.75 Å². The molecule has 3 aromatic carbocycles. The van der Waals surface area contributed by atoms with Crippen molar-refractivity contribution in [2.24, 2.45) is 0 Å². The van der Waals surface area contributed by atoms with E-state index in [0.717, 1.165) is 36.4 Å². The Morgan fingerprint density at radius 2 is 1.63 bits per heavy atom. The zero-order valence-electron chi connectivity index (χ0n) is 16.0. The van der Waals surface area contributed by atoms with Gasteiger partial charge in [-0.15, -0.1) is 0 Å². The third-order valence-electron chi connectivity index (χ3n) is 4.59. The van der Waals surface area contributed by atoms with Crippen molar-refractivity contribution in [2.45, 2.75) is 26.8 Å². The summed E-state index contributed by atoms with van der Waals surface area (Å²) in [6.45, 7) is 6.46. The lowest BCUT2D eigenvalue weighted by atomic mass is 10.0. The summed E-state index contributed by atoms with van der Waals surface area (Å²) in [7, 11) is 0. The van der Waals surface area contributed by atoms with Crippen LogP contribution in [-0.2, 0) is 6.54 Å². The normalized spacial score (nSPS) is 10.8. The lowest BCUT2D eigenvalue weighted by Gasteiger charge is -2.12. The van der Waals surface area contributed by atoms with E-state index in [-0.39, 0.29) is 5.82 Å². The van der Waals surface area contributed by atoms with E-state index < -0.39 is 0 Å². The predicted molar refractivity (Wildman–Crippen MR) is 110 cm³/mol. The fraction of sp³-hybridized carbons (Fsp3) is 0.250. The van der Waals surface area contributed by atoms with Crippen LogP contribution in [0.1, 0.15) is 23.1 Å². The van der Waals surface area contributed by atoms with E-state index in [0.29, 0.717) is 12.2 Å². The van der Waals surface area contributed by atoms with Gasteiger partial charge in [0.25, 0.3) is 0 Å². The number of para-hydroxylation sites is 1. The molecule has 0 amide bonds. The Labute approximate surface area is 161 Å². The predicted octanol–water partition coefficient (Wildman–Crippen LogP) is 5.67. The average molecular weight is 363 g/mol. The summed E-state index contributed by atoms with van der Waals surface area (Å²) in [5, 5.41) is 3.44. The lowest BCUT2D eigenvalue weighted by molar-refractivity contribution is 0.304. The summed E-state index contributed by atoms with van der Waals surface area (Å²) in [6.07, 6.45) is 0.931. The highest BCUT2D eigenvalue weighted by Gasteiger charge is 2.05. The van der Waals surface area contributed by atoms with E-state index in [9.17, 15) is 4.39 Å². The molecule has 0 radical (unpaired) electrons. The zero-order chi connectivity index (χ0) is 19.1. The third kappa shape index (κ3) is 5.18. The molecule has 0 fully saturated rings. The van der Waals surface area contributed by atoms with Crippen molar-refractivity contribution in [2.75, 3.05) is 13.2 Å². The van der Waals surface area contributed by atoms with Gasteiger partial charge in [-0.3, -0.25) is 0 Å². The summed E-state index contributed by atoms with van der Waals surface area (Å²) < 4.78 is 19.9. The summed E-state index contributed by atoms with van der Waals surface area (Å²) in [5.74, 6) is 0.807. The van der Waals surface area contributed by atoms with Crippen molar-refractivity contribution >= 4 is 0 Å². The SMILES string of the molecule is Cc1cccc(C)c1OCCCNCc1cccc(-c2ccccc2F)c1. The van der Waals surface area contributed by atoms with Crippen LogP contribution in [0.2, 0.25) is 0 Å². The molecule has 3 aromatic rings. The number of hydrogen-bond donors (Lipinski definition) is 1. The van der Waals surface area contributed by atoms with Crippen LogP contribution in [0.3, 0.4) is 0 Å². The van der Waals surface area contributed by atoms with E-state index in [4.69, 9.17) is 4.74 Å². The van der Waals surface area contributed by atoms with Crippen LogP contribution in [0, 0.1) is 19.7 Å². The molecule has 0 saturated heterocycles. The molecule has 0 atom stereocenters. The maximum absolute atomic E-state index is 14.0. The van der Waals surface area contributed by atoms with Gasteiger partial charge in [-0.25, -0.2) is 4.39 Å². The molecule has 0 aliphatic heterocycles. The first kappa shape index (κ1) is 19.1. The second kappa shape index (κ2) is 9.33. The van der Waals surface area contributed by atoms with Gasteiger partial charge in [0.1, 0.15) is 11.6 Å². The molecule has 3 rings (SSSR count). The monoisotopic (exact) mass is 363 g/mol. The number of ether oxygens (including phenoxy) is 1. The number of rotatable bonds is 8. The minimum Gasteiger partial charge on any atom is -0.493 e. The Morgan fingerprint density at radius 1 is 0.889 bits per heavy atom. The Balaban J connectivity index is 1.46. The minimum absolute atomic E-state index is 0.189. The number of nitrogens with one attached hydrogen (secondary N) is 1. The molecule has 0 aliphatic carbocycles. The van der Waals surface area contributed by atoms with E-state index in [1.165, 1.54) is 17.2 Å². The standard InChI is InChI=1S/C24H26FNO/c1-18-8-5-9-19(2)24(18)27-15-7-14-26-17-20-10-6-11-21(16-20)22-12-3-4-13-23(22)25/h3-6,8-13,16,26H,7,14-15,17H2,1-2H3. The number of hydrogen-bond acceptors (Lipinski definition) is 2. The van der Waals surface area contributed by atoms with E-state index in [1.54, 1.807) is 6.07 Å². The second-order valence-electron chi connectivity index (χ2n) is 6.78. The van der Waals surface area contributed by atoms with Crippen LogP contribution in [0.15, 0.2) is 66.7 Å². The van der Waals surface area contributed by atoms with Crippen molar-refractivity contribution in [3.8, 4) is 16.9 Å². The summed E-state index contributed by atoms with van der Waals surface area (Å²) >= 11 is 0. The van der Waals surface area contributed by atoms with Crippen LogP contribution in [0.25, 0.3) is 11.1 Å². The second-order valence-corrected chi connectivity index (χ2v) is 6.78. The number of aryl methyl sites for hydroxylation is 2. The first-order chi connectivity index (χ1) is 13.1. The molecule has 0 spiro atoms. The molecule has 0 heterocycles.